The fourth-order valence-electron chi connectivity index (χ4n) is 7.06. The first-order chi connectivity index (χ1) is 25.4. The van der Waals surface area contributed by atoms with Crippen LogP contribution < -0.4 is 0 Å². The first kappa shape index (κ1) is 44.9. The minimum absolute atomic E-state index is 0.250. The lowest BCUT2D eigenvalue weighted by Gasteiger charge is -2.34. The van der Waals surface area contributed by atoms with Gasteiger partial charge in [-0.1, -0.05) is 72.8 Å². The quantitative estimate of drug-likeness (QED) is 0.247. The van der Waals surface area contributed by atoms with Gasteiger partial charge in [0.1, 0.15) is 0 Å². The van der Waals surface area contributed by atoms with Gasteiger partial charge in [-0.05, 0) is 129 Å². The number of rotatable bonds is 8. The molecule has 8 nitrogen and oxygen atoms in total. The standard InChI is InChI=1S/2C20H28BFO2.2CO2/c2*1-18(2)19(3,4)24-21(23-18)17-10-12-20(15-22,13-11-17)14-16-8-6-5-7-9-16;2*2-1-3/h2*5-10H,11-15H2,1-4H3;;/t2*20-;;/m10../s1. The lowest BCUT2D eigenvalue weighted by Crippen LogP contribution is -2.41. The maximum absolute atomic E-state index is 13.9. The van der Waals surface area contributed by atoms with Gasteiger partial charge < -0.3 is 18.6 Å². The van der Waals surface area contributed by atoms with Crippen molar-refractivity contribution < 1.29 is 46.6 Å². The summed E-state index contributed by atoms with van der Waals surface area (Å²) in [7, 11) is -0.575. The maximum Gasteiger partial charge on any atom is 0.490 e. The Labute approximate surface area is 320 Å². The third-order valence-corrected chi connectivity index (χ3v) is 12.0. The Bertz CT molecular complexity index is 1480. The van der Waals surface area contributed by atoms with Gasteiger partial charge in [0.05, 0.1) is 35.8 Å². The fraction of sp³-hybridized carbons (Fsp3) is 0.571. The van der Waals surface area contributed by atoms with Crippen LogP contribution in [0.1, 0.15) is 105 Å². The minimum atomic E-state index is -0.322. The molecule has 4 aliphatic rings. The summed E-state index contributed by atoms with van der Waals surface area (Å²) in [5, 5.41) is 0. The van der Waals surface area contributed by atoms with Crippen molar-refractivity contribution in [3.8, 4) is 0 Å². The van der Waals surface area contributed by atoms with E-state index in [1.54, 1.807) is 0 Å². The molecule has 54 heavy (non-hydrogen) atoms. The van der Waals surface area contributed by atoms with E-state index < -0.39 is 0 Å². The number of allylic oxidation sites excluding steroid dienone is 4. The van der Waals surface area contributed by atoms with Gasteiger partial charge >= 0.3 is 26.5 Å². The summed E-state index contributed by atoms with van der Waals surface area (Å²) in [6.45, 7) is 16.0. The van der Waals surface area contributed by atoms with Crippen LogP contribution in [-0.4, -0.2) is 62.3 Å². The SMILES string of the molecule is CC1(C)OB(C2=CC[C@@](CF)(Cc3ccccc3)CC2)OC1(C)C.CC1(C)OB(C2=CC[C@](CF)(Cc3ccccc3)CC2)OC1(C)C.O=C=O.O=C=O. The van der Waals surface area contributed by atoms with Gasteiger partial charge in [0.2, 0.25) is 0 Å². The molecule has 292 valence electrons. The van der Waals surface area contributed by atoms with Crippen LogP contribution >= 0.6 is 0 Å². The Morgan fingerprint density at radius 3 is 1.04 bits per heavy atom. The topological polar surface area (TPSA) is 105 Å². The molecule has 0 amide bonds. The Hall–Kier alpha value is -3.49. The second-order valence-corrected chi connectivity index (χ2v) is 16.9. The van der Waals surface area contributed by atoms with E-state index in [0.29, 0.717) is 0 Å². The van der Waals surface area contributed by atoms with Crippen molar-refractivity contribution in [2.45, 2.75) is 129 Å². The van der Waals surface area contributed by atoms with E-state index in [1.165, 1.54) is 22.1 Å². The molecular weight excluding hydrogens is 692 g/mol. The van der Waals surface area contributed by atoms with E-state index >= 15 is 0 Å². The molecule has 2 aromatic carbocycles. The highest BCUT2D eigenvalue weighted by molar-refractivity contribution is 6.55. The van der Waals surface area contributed by atoms with Crippen LogP contribution in [0.3, 0.4) is 0 Å². The second kappa shape index (κ2) is 18.9. The molecule has 2 fully saturated rings. The largest absolute Gasteiger partial charge is 0.490 e. The Morgan fingerprint density at radius 1 is 0.537 bits per heavy atom. The van der Waals surface area contributed by atoms with Crippen LogP contribution in [0.25, 0.3) is 0 Å². The van der Waals surface area contributed by atoms with Crippen LogP contribution in [0.5, 0.6) is 0 Å². The number of hydrogen-bond acceptors (Lipinski definition) is 8. The maximum atomic E-state index is 13.9. The number of hydrogen-bond donors (Lipinski definition) is 0. The highest BCUT2D eigenvalue weighted by Gasteiger charge is 2.54. The summed E-state index contributed by atoms with van der Waals surface area (Å²) >= 11 is 0. The molecular formula is C42H56B2F2O8. The Kier molecular flexibility index (Phi) is 15.7. The zero-order valence-electron chi connectivity index (χ0n) is 33.2. The minimum Gasteiger partial charge on any atom is -0.400 e. The molecule has 0 bridgehead atoms. The van der Waals surface area contributed by atoms with Crippen molar-refractivity contribution in [1.29, 1.82) is 0 Å². The summed E-state index contributed by atoms with van der Waals surface area (Å²) in [6, 6.07) is 20.5. The van der Waals surface area contributed by atoms with Crippen LogP contribution in [0.2, 0.25) is 0 Å². The van der Waals surface area contributed by atoms with Crippen molar-refractivity contribution >= 4 is 26.5 Å². The molecule has 0 radical (unpaired) electrons. The van der Waals surface area contributed by atoms with E-state index in [-0.39, 0.29) is 73.1 Å². The number of halogens is 2. The van der Waals surface area contributed by atoms with E-state index in [4.69, 9.17) is 37.8 Å². The zero-order chi connectivity index (χ0) is 40.3. The monoisotopic (exact) mass is 748 g/mol. The number of benzene rings is 2. The predicted octanol–water partition coefficient (Wildman–Crippen LogP) is 8.69. The second-order valence-electron chi connectivity index (χ2n) is 16.9. The molecule has 2 aromatic rings. The van der Waals surface area contributed by atoms with Crippen molar-refractivity contribution in [1.82, 2.24) is 0 Å². The molecule has 0 spiro atoms. The van der Waals surface area contributed by atoms with Crippen LogP contribution in [-0.2, 0) is 50.6 Å². The Morgan fingerprint density at radius 2 is 0.815 bits per heavy atom. The predicted molar refractivity (Wildman–Crippen MR) is 203 cm³/mol. The van der Waals surface area contributed by atoms with Gasteiger partial charge in [-0.3, -0.25) is 8.78 Å². The number of alkyl halides is 2. The molecule has 2 aliphatic heterocycles. The van der Waals surface area contributed by atoms with Crippen molar-refractivity contribution in [2.24, 2.45) is 10.8 Å². The normalized spacial score (nSPS) is 25.8. The van der Waals surface area contributed by atoms with Crippen molar-refractivity contribution in [3.63, 3.8) is 0 Å². The van der Waals surface area contributed by atoms with Crippen LogP contribution in [0, 0.1) is 10.8 Å². The molecule has 2 saturated heterocycles. The van der Waals surface area contributed by atoms with E-state index in [0.717, 1.165) is 51.4 Å². The van der Waals surface area contributed by atoms with Crippen LogP contribution in [0.15, 0.2) is 83.8 Å². The van der Waals surface area contributed by atoms with E-state index in [9.17, 15) is 8.78 Å². The molecule has 0 saturated carbocycles. The summed E-state index contributed by atoms with van der Waals surface area (Å²) in [6.07, 6.45) is 11.3. The van der Waals surface area contributed by atoms with Gasteiger partial charge in [-0.25, -0.2) is 0 Å². The van der Waals surface area contributed by atoms with Gasteiger partial charge in [0, 0.05) is 10.8 Å². The van der Waals surface area contributed by atoms with Crippen molar-refractivity contribution in [3.05, 3.63) is 94.9 Å². The summed E-state index contributed by atoms with van der Waals surface area (Å²) in [5.74, 6) is 0. The Balaban J connectivity index is 0.000000254. The molecule has 6 rings (SSSR count). The van der Waals surface area contributed by atoms with Gasteiger partial charge in [-0.2, -0.15) is 19.2 Å². The molecule has 0 unspecified atom stereocenters. The molecule has 0 N–H and O–H groups in total. The third kappa shape index (κ3) is 11.3. The lowest BCUT2D eigenvalue weighted by atomic mass is 9.64. The average molecular weight is 749 g/mol. The van der Waals surface area contributed by atoms with Crippen LogP contribution in [0.4, 0.5) is 8.78 Å². The van der Waals surface area contributed by atoms with Gasteiger partial charge in [0.15, 0.2) is 0 Å². The molecule has 2 aliphatic carbocycles. The van der Waals surface area contributed by atoms with Crippen molar-refractivity contribution in [2.75, 3.05) is 13.3 Å². The summed E-state index contributed by atoms with van der Waals surface area (Å²) < 4.78 is 52.3. The summed E-state index contributed by atoms with van der Waals surface area (Å²) in [4.78, 5) is 32.5. The van der Waals surface area contributed by atoms with Gasteiger partial charge in [0.25, 0.3) is 0 Å². The first-order valence-corrected chi connectivity index (χ1v) is 18.6. The third-order valence-electron chi connectivity index (χ3n) is 12.0. The zero-order valence-corrected chi connectivity index (χ0v) is 33.2. The number of carbonyl (C=O) groups excluding carboxylic acids is 4. The van der Waals surface area contributed by atoms with Gasteiger partial charge in [-0.15, -0.1) is 0 Å². The first-order valence-electron chi connectivity index (χ1n) is 18.6. The average Bonchev–Trinajstić information content (AvgIpc) is 3.49. The molecule has 2 heterocycles. The lowest BCUT2D eigenvalue weighted by molar-refractivity contribution is -0.193. The molecule has 2 atom stereocenters. The smallest absolute Gasteiger partial charge is 0.400 e. The highest BCUT2D eigenvalue weighted by Crippen LogP contribution is 2.46. The van der Waals surface area contributed by atoms with E-state index in [2.05, 4.69) is 91.8 Å². The fourth-order valence-corrected chi connectivity index (χ4v) is 7.06. The highest BCUT2D eigenvalue weighted by atomic mass is 19.1. The van der Waals surface area contributed by atoms with E-state index in [1.807, 2.05) is 36.4 Å². The summed E-state index contributed by atoms with van der Waals surface area (Å²) in [5.41, 5.74) is 2.91. The molecule has 12 heteroatoms. The molecule has 0 aromatic heterocycles.